The number of rotatable bonds is 2. The first kappa shape index (κ1) is 16.5. The highest BCUT2D eigenvalue weighted by molar-refractivity contribution is 5.75. The Morgan fingerprint density at radius 2 is 1.65 bits per heavy atom. The van der Waals surface area contributed by atoms with E-state index in [1.165, 1.54) is 6.92 Å². The van der Waals surface area contributed by atoms with E-state index in [1.807, 2.05) is 6.92 Å². The van der Waals surface area contributed by atoms with Crippen molar-refractivity contribution in [2.24, 2.45) is 0 Å². The lowest BCUT2D eigenvalue weighted by atomic mass is 10.0. The molecule has 1 aliphatic heterocycles. The molecular weight excluding hydrogens is 228 g/mol. The molecule has 1 saturated heterocycles. The van der Waals surface area contributed by atoms with E-state index < -0.39 is 30.7 Å². The highest BCUT2D eigenvalue weighted by atomic mass is 16.6. The first-order chi connectivity index (χ1) is 7.81. The predicted octanol–water partition coefficient (Wildman–Crippen LogP) is -0.818. The average molecular weight is 250 g/mol. The molecule has 5 atom stereocenters. The van der Waals surface area contributed by atoms with Gasteiger partial charge in [-0.2, -0.15) is 0 Å². The lowest BCUT2D eigenvalue weighted by molar-refractivity contribution is -0.277. The van der Waals surface area contributed by atoms with Gasteiger partial charge < -0.3 is 30.0 Å². The summed E-state index contributed by atoms with van der Waals surface area (Å²) in [5.41, 5.74) is 0. The SMILES string of the molecule is CCCC(C)=O.C[C@@H]1OC(O)[C@H](O)[C@H](O)[C@H]1O. The molecule has 1 heterocycles. The number of Topliss-reactive ketones (excluding diaryl/α,β-unsaturated/α-hetero) is 1. The van der Waals surface area contributed by atoms with Gasteiger partial charge in [-0.25, -0.2) is 0 Å². The maximum Gasteiger partial charge on any atom is 0.183 e. The molecule has 4 N–H and O–H groups in total. The molecule has 1 aliphatic rings. The number of carbonyl (C=O) groups is 1. The van der Waals surface area contributed by atoms with Crippen LogP contribution < -0.4 is 0 Å². The van der Waals surface area contributed by atoms with Crippen molar-refractivity contribution >= 4 is 5.78 Å². The van der Waals surface area contributed by atoms with E-state index in [9.17, 15) is 4.79 Å². The Labute approximate surface area is 101 Å². The van der Waals surface area contributed by atoms with Crippen LogP contribution in [-0.4, -0.2) is 56.9 Å². The van der Waals surface area contributed by atoms with Crippen molar-refractivity contribution < 1.29 is 30.0 Å². The molecule has 1 fully saturated rings. The first-order valence-electron chi connectivity index (χ1n) is 5.68. The highest BCUT2D eigenvalue weighted by Crippen LogP contribution is 2.18. The number of hydrogen-bond acceptors (Lipinski definition) is 6. The van der Waals surface area contributed by atoms with Crippen LogP contribution in [0, 0.1) is 0 Å². The van der Waals surface area contributed by atoms with Crippen LogP contribution in [0.25, 0.3) is 0 Å². The van der Waals surface area contributed by atoms with Crippen molar-refractivity contribution in [1.29, 1.82) is 0 Å². The fourth-order valence-electron chi connectivity index (χ4n) is 1.38. The van der Waals surface area contributed by atoms with Crippen LogP contribution in [-0.2, 0) is 9.53 Å². The molecule has 0 bridgehead atoms. The average Bonchev–Trinajstić information content (AvgIpc) is 2.24. The topological polar surface area (TPSA) is 107 Å². The summed E-state index contributed by atoms with van der Waals surface area (Å²) in [6.45, 7) is 5.12. The molecule has 6 heteroatoms. The van der Waals surface area contributed by atoms with Crippen LogP contribution in [0.3, 0.4) is 0 Å². The van der Waals surface area contributed by atoms with Crippen molar-refractivity contribution in [2.75, 3.05) is 0 Å². The van der Waals surface area contributed by atoms with Crippen LogP contribution in [0.5, 0.6) is 0 Å². The van der Waals surface area contributed by atoms with Crippen molar-refractivity contribution in [1.82, 2.24) is 0 Å². The lowest BCUT2D eigenvalue weighted by Gasteiger charge is -2.36. The fourth-order valence-corrected chi connectivity index (χ4v) is 1.38. The molecule has 0 aromatic heterocycles. The third kappa shape index (κ3) is 5.56. The number of hydrogen-bond donors (Lipinski definition) is 4. The molecule has 6 nitrogen and oxygen atoms in total. The fraction of sp³-hybridized carbons (Fsp3) is 0.909. The molecule has 0 aromatic rings. The predicted molar refractivity (Wildman–Crippen MR) is 60.2 cm³/mol. The molecule has 17 heavy (non-hydrogen) atoms. The number of ketones is 1. The third-order valence-corrected chi connectivity index (χ3v) is 2.43. The molecule has 0 saturated carbocycles. The van der Waals surface area contributed by atoms with Gasteiger partial charge in [-0.1, -0.05) is 6.92 Å². The molecule has 0 radical (unpaired) electrons. The van der Waals surface area contributed by atoms with Gasteiger partial charge in [-0.05, 0) is 20.3 Å². The monoisotopic (exact) mass is 250 g/mol. The van der Waals surface area contributed by atoms with Gasteiger partial charge in [0.05, 0.1) is 6.10 Å². The van der Waals surface area contributed by atoms with Gasteiger partial charge in [-0.15, -0.1) is 0 Å². The van der Waals surface area contributed by atoms with Crippen LogP contribution >= 0.6 is 0 Å². The molecule has 0 aromatic carbocycles. The largest absolute Gasteiger partial charge is 0.388 e. The minimum atomic E-state index is -1.43. The molecular formula is C11H22O6. The van der Waals surface area contributed by atoms with Crippen LogP contribution in [0.1, 0.15) is 33.6 Å². The summed E-state index contributed by atoms with van der Waals surface area (Å²) >= 11 is 0. The molecule has 0 spiro atoms. The van der Waals surface area contributed by atoms with Gasteiger partial charge in [0.25, 0.3) is 0 Å². The Bertz CT molecular complexity index is 218. The van der Waals surface area contributed by atoms with E-state index in [4.69, 9.17) is 20.4 Å². The smallest absolute Gasteiger partial charge is 0.183 e. The van der Waals surface area contributed by atoms with Gasteiger partial charge in [0.1, 0.15) is 24.1 Å². The minimum absolute atomic E-state index is 0.289. The van der Waals surface area contributed by atoms with Gasteiger partial charge >= 0.3 is 0 Å². The summed E-state index contributed by atoms with van der Waals surface area (Å²) in [5, 5.41) is 36.0. The zero-order valence-electron chi connectivity index (χ0n) is 10.4. The third-order valence-electron chi connectivity index (χ3n) is 2.43. The van der Waals surface area contributed by atoms with E-state index >= 15 is 0 Å². The van der Waals surface area contributed by atoms with Gasteiger partial charge in [0.15, 0.2) is 6.29 Å². The van der Waals surface area contributed by atoms with Crippen LogP contribution in [0.4, 0.5) is 0 Å². The van der Waals surface area contributed by atoms with Gasteiger partial charge in [0.2, 0.25) is 0 Å². The van der Waals surface area contributed by atoms with Crippen molar-refractivity contribution in [2.45, 2.75) is 64.3 Å². The zero-order valence-corrected chi connectivity index (χ0v) is 10.4. The maximum atomic E-state index is 10.0. The maximum absolute atomic E-state index is 10.0. The Balaban J connectivity index is 0.000000366. The van der Waals surface area contributed by atoms with E-state index in [0.717, 1.165) is 12.8 Å². The van der Waals surface area contributed by atoms with Crippen molar-refractivity contribution in [3.05, 3.63) is 0 Å². The number of carbonyl (C=O) groups excluding carboxylic acids is 1. The number of aliphatic hydroxyl groups excluding tert-OH is 4. The molecule has 0 aliphatic carbocycles. The molecule has 0 amide bonds. The van der Waals surface area contributed by atoms with Gasteiger partial charge in [-0.3, -0.25) is 0 Å². The van der Waals surface area contributed by atoms with E-state index in [0.29, 0.717) is 0 Å². The standard InChI is InChI=1S/C6H12O5.C5H10O/c1-2-3(7)4(8)5(9)6(10)11-2;1-3-4-5(2)6/h2-10H,1H3;3-4H2,1-2H3/t2-,3-,4+,5+,6?;/m0./s1. The second kappa shape index (κ2) is 7.73. The Kier molecular flexibility index (Phi) is 7.49. The molecule has 102 valence electrons. The zero-order chi connectivity index (χ0) is 13.6. The van der Waals surface area contributed by atoms with Crippen molar-refractivity contribution in [3.63, 3.8) is 0 Å². The second-order valence-corrected chi connectivity index (χ2v) is 4.16. The highest BCUT2D eigenvalue weighted by Gasteiger charge is 2.40. The van der Waals surface area contributed by atoms with E-state index in [2.05, 4.69) is 4.74 Å². The lowest BCUT2D eigenvalue weighted by Crippen LogP contribution is -2.56. The summed E-state index contributed by atoms with van der Waals surface area (Å²) in [5.74, 6) is 0.289. The first-order valence-corrected chi connectivity index (χ1v) is 5.68. The molecule has 1 rings (SSSR count). The molecule has 1 unspecified atom stereocenters. The summed E-state index contributed by atoms with van der Waals surface area (Å²) in [4.78, 5) is 10.0. The van der Waals surface area contributed by atoms with Crippen LogP contribution in [0.15, 0.2) is 0 Å². The van der Waals surface area contributed by atoms with Gasteiger partial charge in [0, 0.05) is 6.42 Å². The van der Waals surface area contributed by atoms with E-state index in [-0.39, 0.29) is 5.78 Å². The Morgan fingerprint density at radius 1 is 1.12 bits per heavy atom. The Hall–Kier alpha value is -0.530. The van der Waals surface area contributed by atoms with Crippen molar-refractivity contribution in [3.8, 4) is 0 Å². The number of ether oxygens (including phenoxy) is 1. The van der Waals surface area contributed by atoms with Crippen LogP contribution in [0.2, 0.25) is 0 Å². The summed E-state index contributed by atoms with van der Waals surface area (Å²) in [7, 11) is 0. The number of aliphatic hydroxyl groups is 4. The quantitative estimate of drug-likeness (QED) is 0.510. The summed E-state index contributed by atoms with van der Waals surface area (Å²) in [6.07, 6.45) is -4.27. The van der Waals surface area contributed by atoms with E-state index in [1.54, 1.807) is 6.92 Å². The summed E-state index contributed by atoms with van der Waals surface area (Å²) in [6, 6.07) is 0. The summed E-state index contributed by atoms with van der Waals surface area (Å²) < 4.78 is 4.68. The minimum Gasteiger partial charge on any atom is -0.388 e. The Morgan fingerprint density at radius 3 is 2.00 bits per heavy atom. The normalized spacial score (nSPS) is 37.0. The second-order valence-electron chi connectivity index (χ2n) is 4.16.